The Labute approximate surface area is 164 Å². The number of carbonyl (C=O) groups is 2. The van der Waals surface area contributed by atoms with Gasteiger partial charge in [-0.05, 0) is 42.8 Å². The first-order chi connectivity index (χ1) is 13.3. The number of anilines is 1. The molecule has 6 nitrogen and oxygen atoms in total. The molecule has 0 aliphatic heterocycles. The number of hydrogen-bond donors (Lipinski definition) is 2. The van der Waals surface area contributed by atoms with Crippen LogP contribution in [0.4, 0.5) is 10.1 Å². The van der Waals surface area contributed by atoms with Gasteiger partial charge in [0.1, 0.15) is 11.9 Å². The van der Waals surface area contributed by atoms with E-state index in [9.17, 15) is 18.8 Å². The number of pyridine rings is 1. The number of primary amides is 1. The Morgan fingerprint density at radius 3 is 2.64 bits per heavy atom. The molecule has 3 rings (SSSR count). The van der Waals surface area contributed by atoms with Crippen LogP contribution in [0.15, 0.2) is 53.5 Å². The summed E-state index contributed by atoms with van der Waals surface area (Å²) in [6, 6.07) is 9.88. The Hall–Kier alpha value is -3.19. The van der Waals surface area contributed by atoms with Gasteiger partial charge in [0.15, 0.2) is 0 Å². The van der Waals surface area contributed by atoms with Gasteiger partial charge in [-0.3, -0.25) is 14.4 Å². The molecule has 2 amide bonds. The number of aromatic nitrogens is 1. The van der Waals surface area contributed by atoms with Crippen LogP contribution >= 0.6 is 11.6 Å². The third kappa shape index (κ3) is 3.89. The van der Waals surface area contributed by atoms with E-state index in [1.807, 2.05) is 0 Å². The lowest BCUT2D eigenvalue weighted by Gasteiger charge is -2.14. The summed E-state index contributed by atoms with van der Waals surface area (Å²) in [5.41, 5.74) is 5.80. The maximum absolute atomic E-state index is 13.5. The van der Waals surface area contributed by atoms with Crippen LogP contribution in [0.25, 0.3) is 10.8 Å². The van der Waals surface area contributed by atoms with Crippen molar-refractivity contribution >= 4 is 39.9 Å². The molecule has 0 aliphatic carbocycles. The molecule has 0 fully saturated rings. The van der Waals surface area contributed by atoms with Crippen molar-refractivity contribution in [3.8, 4) is 0 Å². The number of hydrogen-bond acceptors (Lipinski definition) is 3. The number of fused-ring (bicyclic) bond motifs is 1. The lowest BCUT2D eigenvalue weighted by Crippen LogP contribution is -2.31. The SMILES string of the molecule is CC(C(N)=O)n1ccc2c(NC(=O)Cc3ccc(Cl)c(F)c3)cccc2c1=O. The van der Waals surface area contributed by atoms with Crippen LogP contribution in [0.3, 0.4) is 0 Å². The van der Waals surface area contributed by atoms with Crippen LogP contribution < -0.4 is 16.6 Å². The van der Waals surface area contributed by atoms with E-state index < -0.39 is 17.8 Å². The maximum Gasteiger partial charge on any atom is 0.259 e. The van der Waals surface area contributed by atoms with Gasteiger partial charge in [0.25, 0.3) is 5.56 Å². The molecule has 3 N–H and O–H groups in total. The second kappa shape index (κ2) is 7.82. The zero-order chi connectivity index (χ0) is 20.4. The zero-order valence-corrected chi connectivity index (χ0v) is 15.7. The molecule has 0 bridgehead atoms. The summed E-state index contributed by atoms with van der Waals surface area (Å²) in [5.74, 6) is -1.59. The van der Waals surface area contributed by atoms with Gasteiger partial charge in [-0.1, -0.05) is 23.7 Å². The summed E-state index contributed by atoms with van der Waals surface area (Å²) >= 11 is 5.65. The number of nitrogens with one attached hydrogen (secondary N) is 1. The van der Waals surface area contributed by atoms with Crippen LogP contribution in [0.2, 0.25) is 5.02 Å². The van der Waals surface area contributed by atoms with Crippen molar-refractivity contribution in [3.63, 3.8) is 0 Å². The monoisotopic (exact) mass is 401 g/mol. The van der Waals surface area contributed by atoms with Gasteiger partial charge >= 0.3 is 0 Å². The molecule has 2 aromatic carbocycles. The Morgan fingerprint density at radius 1 is 1.21 bits per heavy atom. The molecule has 144 valence electrons. The summed E-state index contributed by atoms with van der Waals surface area (Å²) < 4.78 is 14.8. The molecule has 8 heteroatoms. The van der Waals surface area contributed by atoms with Crippen molar-refractivity contribution in [2.75, 3.05) is 5.32 Å². The van der Waals surface area contributed by atoms with Crippen molar-refractivity contribution in [1.82, 2.24) is 4.57 Å². The van der Waals surface area contributed by atoms with E-state index in [1.54, 1.807) is 30.3 Å². The highest BCUT2D eigenvalue weighted by atomic mass is 35.5. The Bertz CT molecular complexity index is 1140. The van der Waals surface area contributed by atoms with E-state index in [0.29, 0.717) is 22.0 Å². The van der Waals surface area contributed by atoms with Gasteiger partial charge in [0, 0.05) is 22.7 Å². The second-order valence-corrected chi connectivity index (χ2v) is 6.75. The molecule has 3 aromatic rings. The van der Waals surface area contributed by atoms with Crippen molar-refractivity contribution in [2.24, 2.45) is 5.73 Å². The predicted octanol–water partition coefficient (Wildman–Crippen LogP) is 3.02. The number of carbonyl (C=O) groups excluding carboxylic acids is 2. The number of amides is 2. The standard InChI is InChI=1S/C20H17ClFN3O3/c1-11(19(23)27)25-8-7-13-14(20(25)28)3-2-4-17(13)24-18(26)10-12-5-6-15(21)16(22)9-12/h2-9,11H,10H2,1H3,(H2,23,27)(H,24,26). The third-order valence-electron chi connectivity index (χ3n) is 4.42. The van der Waals surface area contributed by atoms with E-state index in [0.717, 1.165) is 0 Å². The topological polar surface area (TPSA) is 94.2 Å². The summed E-state index contributed by atoms with van der Waals surface area (Å²) in [5, 5.41) is 3.58. The highest BCUT2D eigenvalue weighted by Crippen LogP contribution is 2.22. The van der Waals surface area contributed by atoms with E-state index in [1.165, 1.54) is 29.8 Å². The summed E-state index contributed by atoms with van der Waals surface area (Å²) in [6.45, 7) is 1.53. The maximum atomic E-state index is 13.5. The van der Waals surface area contributed by atoms with Crippen molar-refractivity contribution < 1.29 is 14.0 Å². The molecular formula is C20H17ClFN3O3. The van der Waals surface area contributed by atoms with Crippen LogP contribution in [-0.2, 0) is 16.0 Å². The average Bonchev–Trinajstić information content (AvgIpc) is 2.65. The number of nitrogens with zero attached hydrogens (tertiary/aromatic N) is 1. The van der Waals surface area contributed by atoms with Crippen molar-refractivity contribution in [2.45, 2.75) is 19.4 Å². The first-order valence-electron chi connectivity index (χ1n) is 8.45. The minimum absolute atomic E-state index is 0.0142. The van der Waals surface area contributed by atoms with Gasteiger partial charge in [-0.2, -0.15) is 0 Å². The minimum Gasteiger partial charge on any atom is -0.368 e. The fourth-order valence-electron chi connectivity index (χ4n) is 2.87. The average molecular weight is 402 g/mol. The van der Waals surface area contributed by atoms with Gasteiger partial charge in [0.2, 0.25) is 11.8 Å². The Balaban J connectivity index is 1.90. The fraction of sp³-hybridized carbons (Fsp3) is 0.150. The zero-order valence-electron chi connectivity index (χ0n) is 14.9. The normalized spacial score (nSPS) is 12.0. The molecule has 0 spiro atoms. The predicted molar refractivity (Wildman–Crippen MR) is 106 cm³/mol. The molecule has 0 saturated carbocycles. The summed E-state index contributed by atoms with van der Waals surface area (Å²) in [4.78, 5) is 36.4. The molecule has 0 aliphatic rings. The Morgan fingerprint density at radius 2 is 1.96 bits per heavy atom. The highest BCUT2D eigenvalue weighted by Gasteiger charge is 2.15. The molecule has 1 atom stereocenters. The largest absolute Gasteiger partial charge is 0.368 e. The van der Waals surface area contributed by atoms with Crippen molar-refractivity contribution in [1.29, 1.82) is 0 Å². The summed E-state index contributed by atoms with van der Waals surface area (Å²) in [7, 11) is 0. The van der Waals surface area contributed by atoms with Crippen LogP contribution in [0.1, 0.15) is 18.5 Å². The first-order valence-corrected chi connectivity index (χ1v) is 8.82. The lowest BCUT2D eigenvalue weighted by atomic mass is 10.1. The van der Waals surface area contributed by atoms with Gasteiger partial charge in [0.05, 0.1) is 11.4 Å². The number of halogens is 2. The Kier molecular flexibility index (Phi) is 5.46. The van der Waals surface area contributed by atoms with Crippen LogP contribution in [-0.4, -0.2) is 16.4 Å². The first kappa shape index (κ1) is 19.6. The fourth-order valence-corrected chi connectivity index (χ4v) is 2.99. The van der Waals surface area contributed by atoms with E-state index in [4.69, 9.17) is 17.3 Å². The molecule has 0 radical (unpaired) electrons. The number of benzene rings is 2. The minimum atomic E-state index is -0.796. The number of nitrogens with two attached hydrogens (primary N) is 1. The van der Waals surface area contributed by atoms with Gasteiger partial charge in [-0.25, -0.2) is 4.39 Å². The van der Waals surface area contributed by atoms with E-state index >= 15 is 0 Å². The van der Waals surface area contributed by atoms with Crippen molar-refractivity contribution in [3.05, 3.63) is 75.4 Å². The molecule has 1 heterocycles. The number of rotatable bonds is 5. The van der Waals surface area contributed by atoms with E-state index in [2.05, 4.69) is 5.32 Å². The highest BCUT2D eigenvalue weighted by molar-refractivity contribution is 6.30. The van der Waals surface area contributed by atoms with E-state index in [-0.39, 0.29) is 22.9 Å². The lowest BCUT2D eigenvalue weighted by molar-refractivity contribution is -0.120. The molecular weight excluding hydrogens is 385 g/mol. The third-order valence-corrected chi connectivity index (χ3v) is 4.73. The van der Waals surface area contributed by atoms with Gasteiger partial charge in [-0.15, -0.1) is 0 Å². The molecule has 1 unspecified atom stereocenters. The smallest absolute Gasteiger partial charge is 0.259 e. The molecule has 1 aromatic heterocycles. The second-order valence-electron chi connectivity index (χ2n) is 6.35. The van der Waals surface area contributed by atoms with Gasteiger partial charge < -0.3 is 15.6 Å². The van der Waals surface area contributed by atoms with Crippen LogP contribution in [0, 0.1) is 5.82 Å². The van der Waals surface area contributed by atoms with Crippen LogP contribution in [0.5, 0.6) is 0 Å². The molecule has 28 heavy (non-hydrogen) atoms. The quantitative estimate of drug-likeness (QED) is 0.688. The summed E-state index contributed by atoms with van der Waals surface area (Å²) in [6.07, 6.45) is 1.41. The molecule has 0 saturated heterocycles.